The highest BCUT2D eigenvalue weighted by molar-refractivity contribution is 6.33. The zero-order valence-electron chi connectivity index (χ0n) is 12.5. The van der Waals surface area contributed by atoms with Gasteiger partial charge in [-0.25, -0.2) is 0 Å². The van der Waals surface area contributed by atoms with Crippen molar-refractivity contribution in [1.82, 2.24) is 0 Å². The molecule has 0 spiro atoms. The van der Waals surface area contributed by atoms with E-state index in [9.17, 15) is 0 Å². The Morgan fingerprint density at radius 2 is 1.68 bits per heavy atom. The molecule has 1 saturated heterocycles. The molecule has 22 heavy (non-hydrogen) atoms. The van der Waals surface area contributed by atoms with Crippen LogP contribution >= 0.6 is 11.6 Å². The van der Waals surface area contributed by atoms with Crippen LogP contribution in [0.25, 0.3) is 0 Å². The van der Waals surface area contributed by atoms with Gasteiger partial charge in [-0.15, -0.1) is 0 Å². The van der Waals surface area contributed by atoms with E-state index >= 15 is 0 Å². The molecule has 1 heterocycles. The predicted molar refractivity (Wildman–Crippen MR) is 95.2 cm³/mol. The van der Waals surface area contributed by atoms with Crippen LogP contribution in [0.15, 0.2) is 53.6 Å². The fourth-order valence-electron chi connectivity index (χ4n) is 2.65. The van der Waals surface area contributed by atoms with E-state index in [1.54, 1.807) is 0 Å². The zero-order chi connectivity index (χ0) is 15.2. The number of hydrogen-bond acceptors (Lipinski definition) is 3. The SMILES string of the molecule is Clc1ccccc1N/N=C\c1ccc(N2CCCCC2)cc1. The molecular weight excluding hydrogens is 294 g/mol. The summed E-state index contributed by atoms with van der Waals surface area (Å²) in [6.07, 6.45) is 5.76. The fourth-order valence-corrected chi connectivity index (χ4v) is 2.83. The topological polar surface area (TPSA) is 27.6 Å². The first kappa shape index (κ1) is 14.9. The third kappa shape index (κ3) is 3.80. The maximum atomic E-state index is 6.07. The van der Waals surface area contributed by atoms with E-state index in [-0.39, 0.29) is 0 Å². The van der Waals surface area contributed by atoms with Gasteiger partial charge in [0.15, 0.2) is 0 Å². The Morgan fingerprint density at radius 3 is 2.41 bits per heavy atom. The van der Waals surface area contributed by atoms with Crippen LogP contribution in [0.4, 0.5) is 11.4 Å². The van der Waals surface area contributed by atoms with Crippen molar-refractivity contribution >= 4 is 29.2 Å². The minimum Gasteiger partial charge on any atom is -0.372 e. The first-order valence-electron chi connectivity index (χ1n) is 7.71. The van der Waals surface area contributed by atoms with Crippen LogP contribution in [0.2, 0.25) is 5.02 Å². The first-order chi connectivity index (χ1) is 10.8. The highest BCUT2D eigenvalue weighted by Gasteiger charge is 2.10. The van der Waals surface area contributed by atoms with Crippen LogP contribution in [0, 0.1) is 0 Å². The van der Waals surface area contributed by atoms with Gasteiger partial charge < -0.3 is 4.90 Å². The fraction of sp³-hybridized carbons (Fsp3) is 0.278. The Morgan fingerprint density at radius 1 is 0.955 bits per heavy atom. The second-order valence-corrected chi connectivity index (χ2v) is 5.90. The molecule has 0 aromatic heterocycles. The van der Waals surface area contributed by atoms with Gasteiger partial charge in [-0.1, -0.05) is 35.9 Å². The molecule has 0 bridgehead atoms. The average molecular weight is 314 g/mol. The number of nitrogens with zero attached hydrogens (tertiary/aromatic N) is 2. The number of nitrogens with one attached hydrogen (secondary N) is 1. The molecule has 1 aliphatic heterocycles. The van der Waals surface area contributed by atoms with Gasteiger partial charge in [0, 0.05) is 18.8 Å². The van der Waals surface area contributed by atoms with Crippen LogP contribution in [-0.4, -0.2) is 19.3 Å². The van der Waals surface area contributed by atoms with Crippen molar-refractivity contribution in [3.05, 3.63) is 59.1 Å². The molecule has 0 radical (unpaired) electrons. The summed E-state index contributed by atoms with van der Waals surface area (Å²) in [6, 6.07) is 16.1. The summed E-state index contributed by atoms with van der Waals surface area (Å²) in [6.45, 7) is 2.34. The van der Waals surface area contributed by atoms with Gasteiger partial charge in [0.1, 0.15) is 0 Å². The monoisotopic (exact) mass is 313 g/mol. The van der Waals surface area contributed by atoms with Gasteiger partial charge in [-0.2, -0.15) is 5.10 Å². The van der Waals surface area contributed by atoms with E-state index in [0.29, 0.717) is 5.02 Å². The molecule has 4 heteroatoms. The van der Waals surface area contributed by atoms with E-state index in [1.165, 1.54) is 38.0 Å². The van der Waals surface area contributed by atoms with E-state index in [0.717, 1.165) is 11.3 Å². The van der Waals surface area contributed by atoms with E-state index in [1.807, 2.05) is 30.5 Å². The van der Waals surface area contributed by atoms with Gasteiger partial charge in [0.2, 0.25) is 0 Å². The van der Waals surface area contributed by atoms with Crippen molar-refractivity contribution in [1.29, 1.82) is 0 Å². The maximum absolute atomic E-state index is 6.07. The van der Waals surface area contributed by atoms with Crippen LogP contribution < -0.4 is 10.3 Å². The largest absolute Gasteiger partial charge is 0.372 e. The number of piperidine rings is 1. The molecule has 3 nitrogen and oxygen atoms in total. The Balaban J connectivity index is 1.61. The summed E-state index contributed by atoms with van der Waals surface area (Å²) < 4.78 is 0. The summed E-state index contributed by atoms with van der Waals surface area (Å²) in [5.74, 6) is 0. The van der Waals surface area contributed by atoms with E-state index < -0.39 is 0 Å². The van der Waals surface area contributed by atoms with Crippen LogP contribution in [-0.2, 0) is 0 Å². The number of hydrazone groups is 1. The number of para-hydroxylation sites is 1. The van der Waals surface area contributed by atoms with Crippen LogP contribution in [0.1, 0.15) is 24.8 Å². The van der Waals surface area contributed by atoms with Gasteiger partial charge in [-0.05, 0) is 49.1 Å². The minimum absolute atomic E-state index is 0.667. The second kappa shape index (κ2) is 7.32. The third-order valence-corrected chi connectivity index (χ3v) is 4.22. The highest BCUT2D eigenvalue weighted by atomic mass is 35.5. The Hall–Kier alpha value is -2.00. The standard InChI is InChI=1S/C18H20ClN3/c19-17-6-2-3-7-18(17)21-20-14-15-8-10-16(11-9-15)22-12-4-1-5-13-22/h2-3,6-11,14,21H,1,4-5,12-13H2/b20-14-. The Labute approximate surface area is 136 Å². The number of rotatable bonds is 4. The third-order valence-electron chi connectivity index (χ3n) is 3.89. The molecule has 2 aromatic carbocycles. The van der Waals surface area contributed by atoms with Gasteiger partial charge in [0.05, 0.1) is 16.9 Å². The molecule has 0 atom stereocenters. The average Bonchev–Trinajstić information content (AvgIpc) is 2.58. The van der Waals surface area contributed by atoms with Crippen molar-refractivity contribution in [3.8, 4) is 0 Å². The molecule has 0 unspecified atom stereocenters. The van der Waals surface area contributed by atoms with Crippen molar-refractivity contribution < 1.29 is 0 Å². The van der Waals surface area contributed by atoms with Crippen molar-refractivity contribution in [2.45, 2.75) is 19.3 Å². The summed E-state index contributed by atoms with van der Waals surface area (Å²) >= 11 is 6.07. The lowest BCUT2D eigenvalue weighted by atomic mass is 10.1. The zero-order valence-corrected chi connectivity index (χ0v) is 13.3. The summed E-state index contributed by atoms with van der Waals surface area (Å²) in [5.41, 5.74) is 6.15. The smallest absolute Gasteiger partial charge is 0.0748 e. The van der Waals surface area contributed by atoms with Crippen molar-refractivity contribution in [2.75, 3.05) is 23.4 Å². The van der Waals surface area contributed by atoms with Gasteiger partial charge >= 0.3 is 0 Å². The molecule has 3 rings (SSSR count). The first-order valence-corrected chi connectivity index (χ1v) is 8.09. The summed E-state index contributed by atoms with van der Waals surface area (Å²) in [4.78, 5) is 2.45. The molecule has 0 aliphatic carbocycles. The molecule has 1 fully saturated rings. The molecule has 2 aromatic rings. The molecule has 114 valence electrons. The van der Waals surface area contributed by atoms with Crippen molar-refractivity contribution in [3.63, 3.8) is 0 Å². The predicted octanol–water partition coefficient (Wildman–Crippen LogP) is 4.78. The maximum Gasteiger partial charge on any atom is 0.0748 e. The molecule has 1 N–H and O–H groups in total. The number of benzene rings is 2. The lowest BCUT2D eigenvalue weighted by Gasteiger charge is -2.28. The number of halogens is 1. The number of hydrogen-bond donors (Lipinski definition) is 1. The molecule has 0 amide bonds. The Bertz CT molecular complexity index is 631. The van der Waals surface area contributed by atoms with Gasteiger partial charge in [0.25, 0.3) is 0 Å². The van der Waals surface area contributed by atoms with E-state index in [2.05, 4.69) is 39.7 Å². The summed E-state index contributed by atoms with van der Waals surface area (Å²) in [5, 5.41) is 4.91. The molecule has 0 saturated carbocycles. The molecular formula is C18H20ClN3. The lowest BCUT2D eigenvalue weighted by molar-refractivity contribution is 0.578. The van der Waals surface area contributed by atoms with Gasteiger partial charge in [-0.3, -0.25) is 5.43 Å². The normalized spacial score (nSPS) is 15.2. The number of anilines is 2. The van der Waals surface area contributed by atoms with Crippen LogP contribution in [0.3, 0.4) is 0 Å². The van der Waals surface area contributed by atoms with Crippen LogP contribution in [0.5, 0.6) is 0 Å². The second-order valence-electron chi connectivity index (χ2n) is 5.49. The highest BCUT2D eigenvalue weighted by Crippen LogP contribution is 2.21. The molecule has 1 aliphatic rings. The van der Waals surface area contributed by atoms with Crippen molar-refractivity contribution in [2.24, 2.45) is 5.10 Å². The lowest BCUT2D eigenvalue weighted by Crippen LogP contribution is -2.29. The summed E-state index contributed by atoms with van der Waals surface area (Å²) in [7, 11) is 0. The quantitative estimate of drug-likeness (QED) is 0.650. The minimum atomic E-state index is 0.667. The Kier molecular flexibility index (Phi) is 4.96. The van der Waals surface area contributed by atoms with E-state index in [4.69, 9.17) is 11.6 Å².